The molecule has 1 aromatic carbocycles. The van der Waals surface area contributed by atoms with Crippen LogP contribution in [0.4, 0.5) is 11.4 Å². The minimum Gasteiger partial charge on any atom is -0.476 e. The lowest BCUT2D eigenvalue weighted by atomic mass is 10.0. The molecule has 0 aliphatic carbocycles. The minimum atomic E-state index is -1.00. The fraction of sp³-hybridized carbons (Fsp3) is 0.385. The second-order valence-corrected chi connectivity index (χ2v) is 5.11. The number of hydrazine groups is 1. The van der Waals surface area contributed by atoms with Gasteiger partial charge < -0.3 is 15.4 Å². The molecule has 1 aliphatic rings. The first-order valence-corrected chi connectivity index (χ1v) is 6.25. The molecule has 5 N–H and O–H groups in total. The van der Waals surface area contributed by atoms with Gasteiger partial charge in [-0.3, -0.25) is 15.0 Å². The third kappa shape index (κ3) is 2.53. The second kappa shape index (κ2) is 5.01. The third-order valence-corrected chi connectivity index (χ3v) is 3.12. The molecule has 0 spiro atoms. The van der Waals surface area contributed by atoms with Crippen LogP contribution >= 0.6 is 0 Å². The van der Waals surface area contributed by atoms with Crippen LogP contribution in [-0.4, -0.2) is 24.0 Å². The number of ether oxygens (including phenoxy) is 1. The number of carbonyl (C=O) groups excluding carboxylic acids is 2. The number of nitrogens with zero attached hydrogens (tertiary/aromatic N) is 1. The summed E-state index contributed by atoms with van der Waals surface area (Å²) in [4.78, 5) is 25.2. The van der Waals surface area contributed by atoms with Crippen LogP contribution in [0.5, 0.6) is 5.75 Å². The number of carbonyl (C=O) groups is 2. The molecule has 1 aliphatic heterocycles. The Hall–Kier alpha value is -2.28. The van der Waals surface area contributed by atoms with Crippen LogP contribution < -0.4 is 26.6 Å². The fourth-order valence-electron chi connectivity index (χ4n) is 2.10. The first-order valence-electron chi connectivity index (χ1n) is 6.25. The zero-order chi connectivity index (χ0) is 14.9. The Kier molecular flexibility index (Phi) is 3.54. The number of nitrogen functional groups attached to an aromatic ring is 1. The Labute approximate surface area is 116 Å². The standard InChI is InChI=1S/C13H18N4O3/c1-13(2)12(19)17(6-5-11(18)16-15)9-4-3-8(14)7-10(9)20-13/h3-4,7H,5-6,14-15H2,1-2H3,(H,16,18). The summed E-state index contributed by atoms with van der Waals surface area (Å²) < 4.78 is 5.68. The molecule has 20 heavy (non-hydrogen) atoms. The Morgan fingerprint density at radius 3 is 2.80 bits per heavy atom. The van der Waals surface area contributed by atoms with Gasteiger partial charge in [-0.15, -0.1) is 0 Å². The maximum absolute atomic E-state index is 12.4. The van der Waals surface area contributed by atoms with E-state index in [0.717, 1.165) is 0 Å². The van der Waals surface area contributed by atoms with Crippen molar-refractivity contribution < 1.29 is 14.3 Å². The van der Waals surface area contributed by atoms with E-state index in [-0.39, 0.29) is 24.8 Å². The van der Waals surface area contributed by atoms with Crippen LogP contribution in [0.15, 0.2) is 18.2 Å². The lowest BCUT2D eigenvalue weighted by Crippen LogP contribution is -2.53. The van der Waals surface area contributed by atoms with Crippen LogP contribution in [0.3, 0.4) is 0 Å². The highest BCUT2D eigenvalue weighted by atomic mass is 16.5. The van der Waals surface area contributed by atoms with Crippen LogP contribution in [0, 0.1) is 0 Å². The molecule has 108 valence electrons. The molecule has 7 nitrogen and oxygen atoms in total. The molecular formula is C13H18N4O3. The number of anilines is 2. The molecule has 0 aromatic heterocycles. The summed E-state index contributed by atoms with van der Waals surface area (Å²) in [5.74, 6) is 5.03. The monoisotopic (exact) mass is 278 g/mol. The average Bonchev–Trinajstić information content (AvgIpc) is 2.38. The highest BCUT2D eigenvalue weighted by Crippen LogP contribution is 2.38. The van der Waals surface area contributed by atoms with E-state index in [1.807, 2.05) is 5.43 Å². The quantitative estimate of drug-likeness (QED) is 0.315. The van der Waals surface area contributed by atoms with Gasteiger partial charge in [0.2, 0.25) is 5.91 Å². The van der Waals surface area contributed by atoms with Crippen molar-refractivity contribution in [3.8, 4) is 5.75 Å². The van der Waals surface area contributed by atoms with Gasteiger partial charge in [-0.05, 0) is 26.0 Å². The van der Waals surface area contributed by atoms with E-state index < -0.39 is 5.60 Å². The Balaban J connectivity index is 2.34. The average molecular weight is 278 g/mol. The van der Waals surface area contributed by atoms with Crippen molar-refractivity contribution in [1.29, 1.82) is 0 Å². The number of hydrogen-bond donors (Lipinski definition) is 3. The highest BCUT2D eigenvalue weighted by Gasteiger charge is 2.40. The van der Waals surface area contributed by atoms with Crippen molar-refractivity contribution >= 4 is 23.2 Å². The third-order valence-electron chi connectivity index (χ3n) is 3.12. The minimum absolute atomic E-state index is 0.113. The zero-order valence-electron chi connectivity index (χ0n) is 11.5. The van der Waals surface area contributed by atoms with E-state index in [2.05, 4.69) is 0 Å². The van der Waals surface area contributed by atoms with Crippen molar-refractivity contribution in [3.63, 3.8) is 0 Å². The van der Waals surface area contributed by atoms with Gasteiger partial charge in [0.05, 0.1) is 5.69 Å². The van der Waals surface area contributed by atoms with E-state index in [9.17, 15) is 9.59 Å². The largest absolute Gasteiger partial charge is 0.476 e. The first-order chi connectivity index (χ1) is 9.35. The van der Waals surface area contributed by atoms with E-state index >= 15 is 0 Å². The number of nitrogens with one attached hydrogen (secondary N) is 1. The summed E-state index contributed by atoms with van der Waals surface area (Å²) in [6.07, 6.45) is 0.113. The predicted molar refractivity (Wildman–Crippen MR) is 74.9 cm³/mol. The molecule has 0 atom stereocenters. The summed E-state index contributed by atoms with van der Waals surface area (Å²) in [7, 11) is 0. The maximum atomic E-state index is 12.4. The molecule has 1 heterocycles. The Morgan fingerprint density at radius 1 is 1.45 bits per heavy atom. The van der Waals surface area contributed by atoms with Gasteiger partial charge in [-0.25, -0.2) is 5.84 Å². The van der Waals surface area contributed by atoms with E-state index in [0.29, 0.717) is 17.1 Å². The number of amides is 2. The van der Waals surface area contributed by atoms with E-state index in [1.54, 1.807) is 32.0 Å². The first kappa shape index (κ1) is 14.1. The molecule has 2 rings (SSSR count). The van der Waals surface area contributed by atoms with Crippen LogP contribution in [0.25, 0.3) is 0 Å². The second-order valence-electron chi connectivity index (χ2n) is 5.11. The van der Waals surface area contributed by atoms with Gasteiger partial charge >= 0.3 is 0 Å². The number of fused-ring (bicyclic) bond motifs is 1. The van der Waals surface area contributed by atoms with Gasteiger partial charge in [0, 0.05) is 24.7 Å². The highest BCUT2D eigenvalue weighted by molar-refractivity contribution is 6.03. The van der Waals surface area contributed by atoms with Gasteiger partial charge in [0.25, 0.3) is 5.91 Å². The van der Waals surface area contributed by atoms with Crippen molar-refractivity contribution in [2.24, 2.45) is 5.84 Å². The summed E-state index contributed by atoms with van der Waals surface area (Å²) in [5.41, 5.74) is 7.93. The van der Waals surface area contributed by atoms with E-state index in [1.165, 1.54) is 4.90 Å². The van der Waals surface area contributed by atoms with Crippen molar-refractivity contribution in [1.82, 2.24) is 5.43 Å². The Bertz CT molecular complexity index is 557. The van der Waals surface area contributed by atoms with Crippen LogP contribution in [0.1, 0.15) is 20.3 Å². The molecule has 2 amide bonds. The van der Waals surface area contributed by atoms with Crippen molar-refractivity contribution in [2.75, 3.05) is 17.2 Å². The molecule has 0 unspecified atom stereocenters. The summed E-state index contributed by atoms with van der Waals surface area (Å²) in [6, 6.07) is 5.06. The van der Waals surface area contributed by atoms with Gasteiger partial charge in [-0.1, -0.05) is 0 Å². The molecule has 0 radical (unpaired) electrons. The van der Waals surface area contributed by atoms with Crippen LogP contribution in [0.2, 0.25) is 0 Å². The summed E-state index contributed by atoms with van der Waals surface area (Å²) in [5, 5.41) is 0. The normalized spacial score (nSPS) is 16.4. The smallest absolute Gasteiger partial charge is 0.270 e. The number of rotatable bonds is 3. The summed E-state index contributed by atoms with van der Waals surface area (Å²) in [6.45, 7) is 3.58. The number of hydrogen-bond acceptors (Lipinski definition) is 5. The SMILES string of the molecule is CC1(C)Oc2cc(N)ccc2N(CCC(=O)NN)C1=O. The summed E-state index contributed by atoms with van der Waals surface area (Å²) >= 11 is 0. The molecular weight excluding hydrogens is 260 g/mol. The Morgan fingerprint density at radius 2 is 2.15 bits per heavy atom. The molecule has 7 heteroatoms. The molecule has 0 fully saturated rings. The lowest BCUT2D eigenvalue weighted by molar-refractivity contribution is -0.132. The lowest BCUT2D eigenvalue weighted by Gasteiger charge is -2.38. The fourth-order valence-corrected chi connectivity index (χ4v) is 2.10. The maximum Gasteiger partial charge on any atom is 0.270 e. The van der Waals surface area contributed by atoms with Gasteiger partial charge in [0.1, 0.15) is 5.75 Å². The van der Waals surface area contributed by atoms with E-state index in [4.69, 9.17) is 16.3 Å². The van der Waals surface area contributed by atoms with Crippen molar-refractivity contribution in [2.45, 2.75) is 25.9 Å². The number of nitrogens with two attached hydrogens (primary N) is 2. The topological polar surface area (TPSA) is 111 Å². The molecule has 0 saturated carbocycles. The van der Waals surface area contributed by atoms with Crippen LogP contribution in [-0.2, 0) is 9.59 Å². The number of benzene rings is 1. The van der Waals surface area contributed by atoms with Gasteiger partial charge in [0.15, 0.2) is 5.60 Å². The van der Waals surface area contributed by atoms with Gasteiger partial charge in [-0.2, -0.15) is 0 Å². The van der Waals surface area contributed by atoms with Crippen molar-refractivity contribution in [3.05, 3.63) is 18.2 Å². The molecule has 0 saturated heterocycles. The zero-order valence-corrected chi connectivity index (χ0v) is 11.5. The predicted octanol–water partition coefficient (Wildman–Crippen LogP) is 0.153. The molecule has 0 bridgehead atoms. The molecule has 1 aromatic rings.